The van der Waals surface area contributed by atoms with Crippen molar-refractivity contribution in [3.63, 3.8) is 0 Å². The number of hydrogen-bond donors (Lipinski definition) is 1. The second kappa shape index (κ2) is 8.01. The Morgan fingerprint density at radius 2 is 2.07 bits per heavy atom. The molecule has 0 amide bonds. The predicted octanol–water partition coefficient (Wildman–Crippen LogP) is 2.30. The average molecular weight is 413 g/mol. The number of methoxy groups -OCH3 is 1. The van der Waals surface area contributed by atoms with Crippen molar-refractivity contribution in [2.75, 3.05) is 18.6 Å². The quantitative estimate of drug-likeness (QED) is 0.498. The highest BCUT2D eigenvalue weighted by Gasteiger charge is 2.36. The minimum Gasteiger partial charge on any atom is -0.497 e. The van der Waals surface area contributed by atoms with Crippen LogP contribution in [0.15, 0.2) is 33.9 Å². The van der Waals surface area contributed by atoms with Gasteiger partial charge in [-0.25, -0.2) is 19.2 Å². The maximum Gasteiger partial charge on any atom is 0.364 e. The van der Waals surface area contributed by atoms with Crippen molar-refractivity contribution < 1.29 is 9.30 Å². The van der Waals surface area contributed by atoms with E-state index in [0.717, 1.165) is 49.7 Å². The summed E-state index contributed by atoms with van der Waals surface area (Å²) in [7, 11) is 3.38. The molecule has 1 aromatic carbocycles. The summed E-state index contributed by atoms with van der Waals surface area (Å²) in [5, 5.41) is 0. The number of nitrogens with zero attached hydrogens (tertiary/aromatic N) is 4. The van der Waals surface area contributed by atoms with Crippen LogP contribution in [0.25, 0.3) is 11.2 Å². The molecule has 2 aromatic heterocycles. The largest absolute Gasteiger partial charge is 0.497 e. The van der Waals surface area contributed by atoms with Crippen LogP contribution in [0.5, 0.6) is 5.75 Å². The standard InChI is InChI=1S/C22H29N5O3/c1-5-6-7-11-25-20(28)18-19(24(3)22(25)29)23-21-26(13-15(2)14-27(18)21)16-9-8-10-17(12-16)30-4/h8-10,12,15H,5-7,11,13-14H2,1-4H3/p+1/t15-/m0/s1. The lowest BCUT2D eigenvalue weighted by Gasteiger charge is -2.26. The highest BCUT2D eigenvalue weighted by atomic mass is 16.5. The normalized spacial score (nSPS) is 16.1. The van der Waals surface area contributed by atoms with Gasteiger partial charge in [0.2, 0.25) is 11.2 Å². The summed E-state index contributed by atoms with van der Waals surface area (Å²) in [4.78, 5) is 31.7. The van der Waals surface area contributed by atoms with Crippen LogP contribution < -0.4 is 25.5 Å². The zero-order chi connectivity index (χ0) is 21.4. The topological polar surface area (TPSA) is 76.1 Å². The molecule has 0 saturated heterocycles. The Morgan fingerprint density at radius 3 is 2.80 bits per heavy atom. The molecule has 0 bridgehead atoms. The molecule has 1 N–H and O–H groups in total. The molecule has 0 spiro atoms. The van der Waals surface area contributed by atoms with Gasteiger partial charge in [0, 0.05) is 25.6 Å². The van der Waals surface area contributed by atoms with Crippen LogP contribution in [-0.4, -0.2) is 27.8 Å². The van der Waals surface area contributed by atoms with E-state index >= 15 is 0 Å². The molecule has 0 aliphatic carbocycles. The van der Waals surface area contributed by atoms with Gasteiger partial charge in [-0.05, 0) is 18.6 Å². The first-order valence-corrected chi connectivity index (χ1v) is 10.6. The van der Waals surface area contributed by atoms with Crippen LogP contribution in [0.2, 0.25) is 0 Å². The highest BCUT2D eigenvalue weighted by molar-refractivity contribution is 5.70. The number of fused-ring (bicyclic) bond motifs is 3. The smallest absolute Gasteiger partial charge is 0.364 e. The van der Waals surface area contributed by atoms with Gasteiger partial charge in [-0.3, -0.25) is 13.9 Å². The molecule has 0 saturated carbocycles. The number of H-pyrrole nitrogens is 1. The van der Waals surface area contributed by atoms with Crippen LogP contribution in [0.4, 0.5) is 11.6 Å². The summed E-state index contributed by atoms with van der Waals surface area (Å²) in [6.45, 7) is 6.25. The van der Waals surface area contributed by atoms with E-state index in [1.165, 1.54) is 4.57 Å². The SMILES string of the molecule is CCCCCn1c(=O)c2c([nH]c3[n+]2C[C@@H](C)CN3c2cccc(OC)c2)n(C)c1=O. The third kappa shape index (κ3) is 3.30. The summed E-state index contributed by atoms with van der Waals surface area (Å²) >= 11 is 0. The number of unbranched alkanes of at least 4 members (excludes halogenated alkanes) is 2. The minimum atomic E-state index is -0.274. The number of rotatable bonds is 6. The summed E-state index contributed by atoms with van der Waals surface area (Å²) in [6.07, 6.45) is 2.85. The predicted molar refractivity (Wildman–Crippen MR) is 117 cm³/mol. The maximum absolute atomic E-state index is 13.3. The third-order valence-corrected chi connectivity index (χ3v) is 5.88. The van der Waals surface area contributed by atoms with Gasteiger partial charge in [0.15, 0.2) is 0 Å². The first-order chi connectivity index (χ1) is 14.5. The molecule has 0 fully saturated rings. The van der Waals surface area contributed by atoms with Crippen LogP contribution in [0.3, 0.4) is 0 Å². The first-order valence-electron chi connectivity index (χ1n) is 10.6. The number of aryl methyl sites for hydroxylation is 1. The molecule has 0 unspecified atom stereocenters. The summed E-state index contributed by atoms with van der Waals surface area (Å²) in [5.41, 5.74) is 1.61. The number of aromatic nitrogens is 4. The fraction of sp³-hybridized carbons (Fsp3) is 0.500. The molecule has 30 heavy (non-hydrogen) atoms. The van der Waals surface area contributed by atoms with Crippen molar-refractivity contribution in [2.24, 2.45) is 13.0 Å². The van der Waals surface area contributed by atoms with Gasteiger partial charge < -0.3 is 4.74 Å². The molecule has 3 aromatic rings. The second-order valence-corrected chi connectivity index (χ2v) is 8.18. The molecule has 160 valence electrons. The number of benzene rings is 1. The van der Waals surface area contributed by atoms with E-state index in [9.17, 15) is 9.59 Å². The third-order valence-electron chi connectivity index (χ3n) is 5.88. The van der Waals surface area contributed by atoms with Crippen LogP contribution in [-0.2, 0) is 20.1 Å². The van der Waals surface area contributed by atoms with Gasteiger partial charge in [0.1, 0.15) is 11.4 Å². The highest BCUT2D eigenvalue weighted by Crippen LogP contribution is 2.30. The number of aromatic amines is 1. The van der Waals surface area contributed by atoms with Crippen LogP contribution >= 0.6 is 0 Å². The van der Waals surface area contributed by atoms with Crippen molar-refractivity contribution in [2.45, 2.75) is 46.2 Å². The first kappa shape index (κ1) is 20.3. The number of hydrogen-bond acceptors (Lipinski definition) is 4. The molecule has 3 heterocycles. The van der Waals surface area contributed by atoms with Gasteiger partial charge in [-0.2, -0.15) is 0 Å². The van der Waals surface area contributed by atoms with E-state index in [1.807, 2.05) is 28.8 Å². The van der Waals surface area contributed by atoms with E-state index in [4.69, 9.17) is 4.74 Å². The second-order valence-electron chi connectivity index (χ2n) is 8.18. The lowest BCUT2D eigenvalue weighted by molar-refractivity contribution is -0.669. The molecular weight excluding hydrogens is 382 g/mol. The van der Waals surface area contributed by atoms with Crippen molar-refractivity contribution >= 4 is 22.8 Å². The number of ether oxygens (including phenoxy) is 1. The minimum absolute atomic E-state index is 0.216. The summed E-state index contributed by atoms with van der Waals surface area (Å²) in [6, 6.07) is 7.88. The number of imidazole rings is 1. The Balaban J connectivity index is 1.91. The van der Waals surface area contributed by atoms with Crippen LogP contribution in [0.1, 0.15) is 33.1 Å². The van der Waals surface area contributed by atoms with E-state index in [2.05, 4.69) is 23.7 Å². The van der Waals surface area contributed by atoms with E-state index in [-0.39, 0.29) is 11.2 Å². The average Bonchev–Trinajstić information content (AvgIpc) is 3.13. The maximum atomic E-state index is 13.3. The molecule has 1 aliphatic rings. The van der Waals surface area contributed by atoms with Gasteiger partial charge in [0.25, 0.3) is 5.56 Å². The van der Waals surface area contributed by atoms with Gasteiger partial charge in [0.05, 0.1) is 20.2 Å². The van der Waals surface area contributed by atoms with Gasteiger partial charge in [-0.1, -0.05) is 32.8 Å². The van der Waals surface area contributed by atoms with Gasteiger partial charge in [-0.15, -0.1) is 0 Å². The zero-order valence-corrected chi connectivity index (χ0v) is 18.1. The zero-order valence-electron chi connectivity index (χ0n) is 18.1. The van der Waals surface area contributed by atoms with Crippen molar-refractivity contribution in [3.05, 3.63) is 45.1 Å². The number of anilines is 2. The molecule has 8 heteroatoms. The molecule has 4 rings (SSSR count). The van der Waals surface area contributed by atoms with Crippen LogP contribution in [0, 0.1) is 5.92 Å². The molecule has 8 nitrogen and oxygen atoms in total. The lowest BCUT2D eigenvalue weighted by Crippen LogP contribution is -2.52. The molecule has 0 radical (unpaired) electrons. The van der Waals surface area contributed by atoms with Crippen molar-refractivity contribution in [3.8, 4) is 5.75 Å². The Kier molecular flexibility index (Phi) is 5.40. The van der Waals surface area contributed by atoms with Crippen molar-refractivity contribution in [1.82, 2.24) is 14.1 Å². The Hall–Kier alpha value is -3.03. The summed E-state index contributed by atoms with van der Waals surface area (Å²) in [5.74, 6) is 1.92. The van der Waals surface area contributed by atoms with Gasteiger partial charge >= 0.3 is 11.6 Å². The molecule has 1 aliphatic heterocycles. The number of nitrogens with one attached hydrogen (secondary N) is 1. The lowest BCUT2D eigenvalue weighted by atomic mass is 10.1. The fourth-order valence-corrected chi connectivity index (χ4v) is 4.30. The fourth-order valence-electron chi connectivity index (χ4n) is 4.30. The molecule has 1 atom stereocenters. The molecular formula is C22H30N5O3+. The van der Waals surface area contributed by atoms with E-state index in [1.54, 1.807) is 18.7 Å². The van der Waals surface area contributed by atoms with E-state index < -0.39 is 0 Å². The Labute approximate surface area is 175 Å². The van der Waals surface area contributed by atoms with E-state index in [0.29, 0.717) is 23.6 Å². The van der Waals surface area contributed by atoms with Crippen molar-refractivity contribution in [1.29, 1.82) is 0 Å². The monoisotopic (exact) mass is 412 g/mol. The summed E-state index contributed by atoms with van der Waals surface area (Å²) < 4.78 is 10.4. The Morgan fingerprint density at radius 1 is 1.27 bits per heavy atom. The Bertz CT molecular complexity index is 1190.